The van der Waals surface area contributed by atoms with Crippen molar-refractivity contribution >= 4 is 11.6 Å². The van der Waals surface area contributed by atoms with E-state index in [-0.39, 0.29) is 5.91 Å². The molecule has 0 radical (unpaired) electrons. The second kappa shape index (κ2) is 9.36. The summed E-state index contributed by atoms with van der Waals surface area (Å²) in [4.78, 5) is 10.7. The monoisotopic (exact) mass is 233 g/mol. The molecule has 0 saturated heterocycles. The Labute approximate surface area is 103 Å². The van der Waals surface area contributed by atoms with Crippen LogP contribution in [0.2, 0.25) is 0 Å². The van der Waals surface area contributed by atoms with E-state index in [4.69, 9.17) is 5.73 Å². The molecule has 0 fully saturated rings. The number of benzene rings is 1. The molecular weight excluding hydrogens is 212 g/mol. The van der Waals surface area contributed by atoms with Gasteiger partial charge in [-0.05, 0) is 31.2 Å². The van der Waals surface area contributed by atoms with Crippen LogP contribution < -0.4 is 11.1 Å². The van der Waals surface area contributed by atoms with Crippen LogP contribution in [0.4, 0.5) is 5.69 Å². The standard InChI is InChI=1S/C12H14N2O.C2H6/c1-10(12(13)15)6-5-9-14-11-7-3-2-4-8-11;1-2/h2-9,14H,1H3,(H2,13,15);1-2H3/p+1/b9-5-,10-6+;. The van der Waals surface area contributed by atoms with E-state index >= 15 is 0 Å². The zero-order valence-corrected chi connectivity index (χ0v) is 10.7. The summed E-state index contributed by atoms with van der Waals surface area (Å²) in [7, 11) is 0. The molecule has 1 aromatic rings. The lowest BCUT2D eigenvalue weighted by molar-refractivity contribution is -0.496. The number of allylic oxidation sites excluding steroid dienone is 2. The third-order valence-corrected chi connectivity index (χ3v) is 1.93. The minimum absolute atomic E-state index is 0.389. The summed E-state index contributed by atoms with van der Waals surface area (Å²) < 4.78 is 0. The first kappa shape index (κ1) is 15.1. The quantitative estimate of drug-likeness (QED) is 0.465. The van der Waals surface area contributed by atoms with Crippen molar-refractivity contribution in [1.29, 1.82) is 0 Å². The van der Waals surface area contributed by atoms with Gasteiger partial charge in [-0.1, -0.05) is 32.0 Å². The second-order valence-corrected chi connectivity index (χ2v) is 3.18. The largest absolute Gasteiger partial charge is 0.366 e. The van der Waals surface area contributed by atoms with Crippen molar-refractivity contribution in [2.24, 2.45) is 5.73 Å². The Bertz CT molecular complexity index is 380. The lowest BCUT2D eigenvalue weighted by atomic mass is 10.2. The van der Waals surface area contributed by atoms with E-state index in [9.17, 15) is 4.79 Å². The number of quaternary nitrogens is 1. The maximum absolute atomic E-state index is 10.7. The Balaban J connectivity index is 0.00000121. The molecule has 1 rings (SSSR count). The van der Waals surface area contributed by atoms with Gasteiger partial charge in [-0.3, -0.25) is 10.1 Å². The van der Waals surface area contributed by atoms with Gasteiger partial charge < -0.3 is 5.73 Å². The van der Waals surface area contributed by atoms with Gasteiger partial charge in [0, 0.05) is 5.57 Å². The first-order valence-corrected chi connectivity index (χ1v) is 5.73. The molecule has 3 nitrogen and oxygen atoms in total. The molecule has 0 spiro atoms. The van der Waals surface area contributed by atoms with Gasteiger partial charge >= 0.3 is 0 Å². The molecule has 4 N–H and O–H groups in total. The summed E-state index contributed by atoms with van der Waals surface area (Å²) in [5.41, 5.74) is 6.75. The predicted molar refractivity (Wildman–Crippen MR) is 71.5 cm³/mol. The number of hydrogen-bond donors (Lipinski definition) is 2. The lowest BCUT2D eigenvalue weighted by Crippen LogP contribution is -2.70. The van der Waals surface area contributed by atoms with Gasteiger partial charge in [-0.15, -0.1) is 0 Å². The maximum Gasteiger partial charge on any atom is 0.244 e. The normalized spacial score (nSPS) is 10.9. The van der Waals surface area contributed by atoms with Gasteiger partial charge in [-0.25, -0.2) is 0 Å². The molecule has 0 aromatic heterocycles. The van der Waals surface area contributed by atoms with Crippen molar-refractivity contribution in [2.75, 3.05) is 0 Å². The molecule has 1 amide bonds. The maximum atomic E-state index is 10.7. The van der Waals surface area contributed by atoms with E-state index in [0.29, 0.717) is 5.57 Å². The number of primary amides is 1. The van der Waals surface area contributed by atoms with Crippen molar-refractivity contribution in [3.63, 3.8) is 0 Å². The lowest BCUT2D eigenvalue weighted by Gasteiger charge is -1.92. The smallest absolute Gasteiger partial charge is 0.244 e. The third-order valence-electron chi connectivity index (χ3n) is 1.93. The number of nitrogens with two attached hydrogens (primary N) is 2. The van der Waals surface area contributed by atoms with Crippen molar-refractivity contribution in [1.82, 2.24) is 0 Å². The molecule has 17 heavy (non-hydrogen) atoms. The predicted octanol–water partition coefficient (Wildman–Crippen LogP) is 1.85. The molecule has 0 saturated carbocycles. The summed E-state index contributed by atoms with van der Waals surface area (Å²) in [6.45, 7) is 5.69. The summed E-state index contributed by atoms with van der Waals surface area (Å²) in [6, 6.07) is 9.94. The fourth-order valence-corrected chi connectivity index (χ4v) is 1.01. The number of amides is 1. The molecule has 0 bridgehead atoms. The van der Waals surface area contributed by atoms with Gasteiger partial charge in [0.15, 0.2) is 0 Å². The number of carbonyl (C=O) groups is 1. The molecule has 0 aliphatic carbocycles. The second-order valence-electron chi connectivity index (χ2n) is 3.18. The molecule has 0 aliphatic rings. The molecule has 92 valence electrons. The van der Waals surface area contributed by atoms with E-state index < -0.39 is 0 Å². The van der Waals surface area contributed by atoms with Crippen LogP contribution >= 0.6 is 0 Å². The fourth-order valence-electron chi connectivity index (χ4n) is 1.01. The number of hydrogen-bond acceptors (Lipinski definition) is 1. The number of carbonyl (C=O) groups excluding carboxylic acids is 1. The minimum Gasteiger partial charge on any atom is -0.366 e. The van der Waals surface area contributed by atoms with Crippen LogP contribution in [0.3, 0.4) is 0 Å². The molecule has 1 aromatic carbocycles. The highest BCUT2D eigenvalue weighted by molar-refractivity contribution is 5.91. The Morgan fingerprint density at radius 1 is 1.24 bits per heavy atom. The van der Waals surface area contributed by atoms with Gasteiger partial charge in [0.25, 0.3) is 0 Å². The molecule has 0 aliphatic heterocycles. The van der Waals surface area contributed by atoms with Crippen molar-refractivity contribution in [3.8, 4) is 0 Å². The Hall–Kier alpha value is -1.87. The first-order chi connectivity index (χ1) is 8.20. The van der Waals surface area contributed by atoms with Crippen molar-refractivity contribution in [2.45, 2.75) is 20.8 Å². The van der Waals surface area contributed by atoms with Crippen LogP contribution in [0.25, 0.3) is 0 Å². The van der Waals surface area contributed by atoms with Crippen LogP contribution in [0.5, 0.6) is 0 Å². The minimum atomic E-state index is -0.389. The van der Waals surface area contributed by atoms with E-state index in [1.165, 1.54) is 0 Å². The zero-order chi connectivity index (χ0) is 13.1. The first-order valence-electron chi connectivity index (χ1n) is 5.73. The van der Waals surface area contributed by atoms with Crippen LogP contribution in [-0.2, 0) is 4.79 Å². The zero-order valence-electron chi connectivity index (χ0n) is 10.7. The summed E-state index contributed by atoms with van der Waals surface area (Å²) in [5, 5.41) is 1.96. The van der Waals surface area contributed by atoms with E-state index in [2.05, 4.69) is 0 Å². The molecule has 0 heterocycles. The molecule has 3 heteroatoms. The highest BCUT2D eigenvalue weighted by Gasteiger charge is 1.93. The van der Waals surface area contributed by atoms with Crippen molar-refractivity contribution < 1.29 is 10.1 Å². The van der Waals surface area contributed by atoms with Crippen LogP contribution in [-0.4, -0.2) is 5.91 Å². The van der Waals surface area contributed by atoms with Gasteiger partial charge in [0.1, 0.15) is 5.69 Å². The molecular formula is C14H21N2O+. The van der Waals surface area contributed by atoms with E-state index in [0.717, 1.165) is 5.69 Å². The highest BCUT2D eigenvalue weighted by Crippen LogP contribution is 1.96. The average Bonchev–Trinajstić information content (AvgIpc) is 2.38. The Morgan fingerprint density at radius 2 is 1.82 bits per heavy atom. The van der Waals surface area contributed by atoms with Crippen LogP contribution in [0.1, 0.15) is 20.8 Å². The van der Waals surface area contributed by atoms with E-state index in [1.807, 2.05) is 55.7 Å². The molecule has 0 unspecified atom stereocenters. The fraction of sp³-hybridized carbons (Fsp3) is 0.214. The summed E-state index contributed by atoms with van der Waals surface area (Å²) in [5.74, 6) is -0.389. The summed E-state index contributed by atoms with van der Waals surface area (Å²) in [6.07, 6.45) is 5.37. The van der Waals surface area contributed by atoms with Gasteiger partial charge in [0.2, 0.25) is 5.91 Å². The molecule has 0 atom stereocenters. The topological polar surface area (TPSA) is 59.7 Å². The van der Waals surface area contributed by atoms with Gasteiger partial charge in [0.05, 0.1) is 6.20 Å². The van der Waals surface area contributed by atoms with Crippen LogP contribution in [0, 0.1) is 0 Å². The van der Waals surface area contributed by atoms with Gasteiger partial charge in [-0.2, -0.15) is 0 Å². The Morgan fingerprint density at radius 3 is 2.35 bits per heavy atom. The average molecular weight is 233 g/mol. The Kier molecular flexibility index (Phi) is 8.33. The van der Waals surface area contributed by atoms with E-state index in [1.54, 1.807) is 19.1 Å². The number of para-hydroxylation sites is 1. The highest BCUT2D eigenvalue weighted by atomic mass is 16.1. The summed E-state index contributed by atoms with van der Waals surface area (Å²) >= 11 is 0. The van der Waals surface area contributed by atoms with Crippen molar-refractivity contribution in [3.05, 3.63) is 54.3 Å². The third kappa shape index (κ3) is 7.09. The SMILES string of the molecule is C/C(=C\C=C/[NH2+]c1ccccc1)C(N)=O.CC. The van der Waals surface area contributed by atoms with Crippen LogP contribution in [0.15, 0.2) is 54.3 Å². The number of rotatable bonds is 4.